The average Bonchev–Trinajstić information content (AvgIpc) is 2.17. The third kappa shape index (κ3) is 1.55. The Labute approximate surface area is 80.9 Å². The van der Waals surface area contributed by atoms with Crippen molar-refractivity contribution in [2.45, 2.75) is 0 Å². The summed E-state index contributed by atoms with van der Waals surface area (Å²) in [7, 11) is 0. The molecule has 72 valence electrons. The summed E-state index contributed by atoms with van der Waals surface area (Å²) in [5.74, 6) is 0. The highest BCUT2D eigenvalue weighted by Crippen LogP contribution is 2.24. The van der Waals surface area contributed by atoms with Crippen molar-refractivity contribution in [1.29, 1.82) is 0 Å². The molecule has 2 aromatic rings. The highest BCUT2D eigenvalue weighted by atomic mass is 16.6. The monoisotopic (exact) mass is 190 g/mol. The van der Waals surface area contributed by atoms with Gasteiger partial charge in [0.1, 0.15) is 0 Å². The second-order valence-corrected chi connectivity index (χ2v) is 2.76. The zero-order valence-corrected chi connectivity index (χ0v) is 7.51. The van der Waals surface area contributed by atoms with Gasteiger partial charge in [0.05, 0.1) is 10.3 Å². The van der Waals surface area contributed by atoms with Crippen LogP contribution in [0, 0.1) is 10.1 Å². The molecule has 4 heteroatoms. The Morgan fingerprint density at radius 2 is 1.64 bits per heavy atom. The van der Waals surface area contributed by atoms with Crippen molar-refractivity contribution >= 4 is 16.5 Å². The van der Waals surface area contributed by atoms with Gasteiger partial charge in [-0.15, -0.1) is 0 Å². The van der Waals surface area contributed by atoms with Gasteiger partial charge in [-0.2, -0.15) is 0 Å². The van der Waals surface area contributed by atoms with E-state index in [1.807, 2.05) is 18.2 Å². The number of benzene rings is 2. The lowest BCUT2D eigenvalue weighted by Gasteiger charge is -1.97. The van der Waals surface area contributed by atoms with Crippen molar-refractivity contribution in [2.75, 3.05) is 0 Å². The van der Waals surface area contributed by atoms with E-state index in [4.69, 9.17) is 0 Å². The van der Waals surface area contributed by atoms with Crippen LogP contribution in [-0.2, 0) is 0 Å². The standard InChI is InChI=1S/C10H7NO2.H3N/c12-11(13)10-7-3-5-8-4-1-2-6-9(8)10;/h1-7H;1H3. The van der Waals surface area contributed by atoms with Crippen LogP contribution in [0.4, 0.5) is 5.69 Å². The normalized spacial score (nSPS) is 9.43. The number of hydrogen-bond donors (Lipinski definition) is 1. The minimum absolute atomic E-state index is 0. The van der Waals surface area contributed by atoms with E-state index in [1.54, 1.807) is 18.2 Å². The van der Waals surface area contributed by atoms with E-state index >= 15 is 0 Å². The molecular weight excluding hydrogens is 180 g/mol. The van der Waals surface area contributed by atoms with Gasteiger partial charge in [-0.3, -0.25) is 10.1 Å². The topological polar surface area (TPSA) is 78.1 Å². The smallest absolute Gasteiger partial charge is 0.277 e. The molecule has 0 saturated heterocycles. The first-order valence-electron chi connectivity index (χ1n) is 3.91. The van der Waals surface area contributed by atoms with Crippen LogP contribution >= 0.6 is 0 Å². The first kappa shape index (κ1) is 10.1. The first-order valence-corrected chi connectivity index (χ1v) is 3.91. The third-order valence-corrected chi connectivity index (χ3v) is 1.96. The van der Waals surface area contributed by atoms with Gasteiger partial charge in [0.15, 0.2) is 0 Å². The van der Waals surface area contributed by atoms with Gasteiger partial charge in [0, 0.05) is 6.07 Å². The lowest BCUT2D eigenvalue weighted by Crippen LogP contribution is -1.88. The van der Waals surface area contributed by atoms with Crippen LogP contribution in [0.3, 0.4) is 0 Å². The molecule has 0 aliphatic rings. The Morgan fingerprint density at radius 1 is 1.00 bits per heavy atom. The summed E-state index contributed by atoms with van der Waals surface area (Å²) in [6, 6.07) is 12.4. The van der Waals surface area contributed by atoms with Gasteiger partial charge >= 0.3 is 0 Å². The summed E-state index contributed by atoms with van der Waals surface area (Å²) >= 11 is 0. The SMILES string of the molecule is N.O=[N+]([O-])c1cccc2ccccc12. The Hall–Kier alpha value is -1.94. The Kier molecular flexibility index (Phi) is 2.79. The molecule has 0 radical (unpaired) electrons. The largest absolute Gasteiger partial charge is 0.344 e. The lowest BCUT2D eigenvalue weighted by molar-refractivity contribution is -0.383. The zero-order valence-electron chi connectivity index (χ0n) is 7.51. The second-order valence-electron chi connectivity index (χ2n) is 2.76. The lowest BCUT2D eigenvalue weighted by atomic mass is 10.1. The fourth-order valence-corrected chi connectivity index (χ4v) is 1.37. The maximum Gasteiger partial charge on any atom is 0.277 e. The molecule has 0 aliphatic heterocycles. The van der Waals surface area contributed by atoms with Crippen LogP contribution in [-0.4, -0.2) is 4.92 Å². The van der Waals surface area contributed by atoms with E-state index in [2.05, 4.69) is 0 Å². The highest BCUT2D eigenvalue weighted by molar-refractivity contribution is 5.90. The number of nitro benzene ring substituents is 1. The van der Waals surface area contributed by atoms with E-state index in [-0.39, 0.29) is 16.8 Å². The van der Waals surface area contributed by atoms with Crippen molar-refractivity contribution < 1.29 is 4.92 Å². The molecule has 3 N–H and O–H groups in total. The summed E-state index contributed by atoms with van der Waals surface area (Å²) in [4.78, 5) is 10.3. The summed E-state index contributed by atoms with van der Waals surface area (Å²) in [6.07, 6.45) is 0. The molecular formula is C10H10N2O2. The van der Waals surface area contributed by atoms with E-state index in [0.717, 1.165) is 5.39 Å². The maximum absolute atomic E-state index is 10.6. The van der Waals surface area contributed by atoms with Crippen LogP contribution in [0.2, 0.25) is 0 Å². The number of nitrogens with zero attached hydrogens (tertiary/aromatic N) is 1. The van der Waals surface area contributed by atoms with Crippen molar-refractivity contribution in [2.24, 2.45) is 0 Å². The molecule has 0 unspecified atom stereocenters. The molecule has 0 bridgehead atoms. The minimum Gasteiger partial charge on any atom is -0.344 e. The van der Waals surface area contributed by atoms with Crippen LogP contribution in [0.5, 0.6) is 0 Å². The van der Waals surface area contributed by atoms with Gasteiger partial charge in [-0.25, -0.2) is 0 Å². The van der Waals surface area contributed by atoms with Gasteiger partial charge in [-0.05, 0) is 11.5 Å². The molecule has 4 nitrogen and oxygen atoms in total. The van der Waals surface area contributed by atoms with Crippen LogP contribution in [0.25, 0.3) is 10.8 Å². The fraction of sp³-hybridized carbons (Fsp3) is 0. The van der Waals surface area contributed by atoms with E-state index in [9.17, 15) is 10.1 Å². The number of fused-ring (bicyclic) bond motifs is 1. The van der Waals surface area contributed by atoms with Gasteiger partial charge in [0.2, 0.25) is 0 Å². The summed E-state index contributed by atoms with van der Waals surface area (Å²) in [5.41, 5.74) is 0.165. The average molecular weight is 190 g/mol. The molecule has 0 atom stereocenters. The second kappa shape index (κ2) is 3.85. The van der Waals surface area contributed by atoms with E-state index < -0.39 is 0 Å². The van der Waals surface area contributed by atoms with Crippen molar-refractivity contribution in [3.63, 3.8) is 0 Å². The highest BCUT2D eigenvalue weighted by Gasteiger charge is 2.08. The third-order valence-electron chi connectivity index (χ3n) is 1.96. The first-order chi connectivity index (χ1) is 6.29. The molecule has 14 heavy (non-hydrogen) atoms. The molecule has 2 aromatic carbocycles. The van der Waals surface area contributed by atoms with Crippen LogP contribution in [0.1, 0.15) is 0 Å². The Balaban J connectivity index is 0.000000980. The molecule has 0 fully saturated rings. The summed E-state index contributed by atoms with van der Waals surface area (Å²) in [6.45, 7) is 0. The van der Waals surface area contributed by atoms with Gasteiger partial charge in [0.25, 0.3) is 5.69 Å². The molecule has 0 aliphatic carbocycles. The number of nitro groups is 1. The summed E-state index contributed by atoms with van der Waals surface area (Å²) in [5, 5.41) is 12.2. The molecule has 0 saturated carbocycles. The van der Waals surface area contributed by atoms with Crippen LogP contribution < -0.4 is 6.15 Å². The van der Waals surface area contributed by atoms with Crippen molar-refractivity contribution in [3.05, 3.63) is 52.6 Å². The number of non-ortho nitro benzene ring substituents is 1. The number of rotatable bonds is 1. The molecule has 0 aromatic heterocycles. The molecule has 0 heterocycles. The van der Waals surface area contributed by atoms with Crippen molar-refractivity contribution in [3.8, 4) is 0 Å². The maximum atomic E-state index is 10.6. The molecule has 0 spiro atoms. The van der Waals surface area contributed by atoms with E-state index in [1.165, 1.54) is 6.07 Å². The predicted molar refractivity (Wildman–Crippen MR) is 55.6 cm³/mol. The fourth-order valence-electron chi connectivity index (χ4n) is 1.37. The van der Waals surface area contributed by atoms with E-state index in [0.29, 0.717) is 5.39 Å². The zero-order chi connectivity index (χ0) is 9.26. The van der Waals surface area contributed by atoms with Gasteiger partial charge in [-0.1, -0.05) is 30.3 Å². The Bertz CT molecular complexity index is 463. The quantitative estimate of drug-likeness (QED) is 0.554. The van der Waals surface area contributed by atoms with Gasteiger partial charge < -0.3 is 6.15 Å². The van der Waals surface area contributed by atoms with Crippen LogP contribution in [0.15, 0.2) is 42.5 Å². The molecule has 2 rings (SSSR count). The minimum atomic E-state index is -0.359. The van der Waals surface area contributed by atoms with Crippen molar-refractivity contribution in [1.82, 2.24) is 6.15 Å². The predicted octanol–water partition coefficient (Wildman–Crippen LogP) is 2.91. The Morgan fingerprint density at radius 3 is 2.36 bits per heavy atom. The summed E-state index contributed by atoms with van der Waals surface area (Å²) < 4.78 is 0. The number of hydrogen-bond acceptors (Lipinski definition) is 3. The molecule has 0 amide bonds.